The molecule has 0 aliphatic heterocycles. The summed E-state index contributed by atoms with van der Waals surface area (Å²) >= 11 is 2.82. The maximum atomic E-state index is 11.7. The molecular weight excluding hydrogens is 426 g/mol. The fraction of sp³-hybridized carbons (Fsp3) is 0.0800. The van der Waals surface area contributed by atoms with E-state index in [1.807, 2.05) is 73.1 Å². The Morgan fingerprint density at radius 1 is 1.00 bits per heavy atom. The number of aromatic carboxylic acids is 1. The molecule has 0 atom stereocenters. The molecule has 2 aromatic heterocycles. The van der Waals surface area contributed by atoms with Gasteiger partial charge in [-0.15, -0.1) is 11.3 Å². The summed E-state index contributed by atoms with van der Waals surface area (Å²) in [6, 6.07) is 17.4. The van der Waals surface area contributed by atoms with Crippen LogP contribution in [0, 0.1) is 25.7 Å². The van der Waals surface area contributed by atoms with Gasteiger partial charge in [-0.25, -0.2) is 10.3 Å². The van der Waals surface area contributed by atoms with E-state index in [1.54, 1.807) is 17.4 Å². The van der Waals surface area contributed by atoms with E-state index in [-0.39, 0.29) is 4.88 Å². The van der Waals surface area contributed by atoms with Crippen molar-refractivity contribution in [2.45, 2.75) is 13.8 Å². The van der Waals surface area contributed by atoms with Crippen molar-refractivity contribution in [2.75, 3.05) is 5.48 Å². The highest BCUT2D eigenvalue weighted by atomic mass is 32.1. The molecule has 0 fully saturated rings. The lowest BCUT2D eigenvalue weighted by atomic mass is 10.1. The first-order chi connectivity index (χ1) is 15.0. The Bertz CT molecular complexity index is 1280. The van der Waals surface area contributed by atoms with Crippen LogP contribution in [0.5, 0.6) is 5.75 Å². The molecule has 2 aromatic carbocycles. The van der Waals surface area contributed by atoms with E-state index in [2.05, 4.69) is 17.3 Å². The lowest BCUT2D eigenvalue weighted by Crippen LogP contribution is -2.08. The van der Waals surface area contributed by atoms with Crippen LogP contribution in [-0.2, 0) is 0 Å². The largest absolute Gasteiger partial charge is 0.477 e. The van der Waals surface area contributed by atoms with Crippen molar-refractivity contribution in [3.05, 3.63) is 92.5 Å². The zero-order valence-electron chi connectivity index (χ0n) is 16.9. The molecular formula is C25H19NO3S2. The van der Waals surface area contributed by atoms with Crippen LogP contribution in [0.1, 0.15) is 31.9 Å². The van der Waals surface area contributed by atoms with Crippen LogP contribution in [0.3, 0.4) is 0 Å². The van der Waals surface area contributed by atoms with Gasteiger partial charge in [0.2, 0.25) is 0 Å². The van der Waals surface area contributed by atoms with Crippen molar-refractivity contribution in [3.8, 4) is 28.0 Å². The fourth-order valence-electron chi connectivity index (χ4n) is 2.99. The summed E-state index contributed by atoms with van der Waals surface area (Å²) in [4.78, 5) is 18.4. The standard InChI is InChI=1S/C25H19NO3S2/c1-16-3-10-22(17(2)13-16)29-26-21-14-23(31-24(21)25(27)28)20-8-6-18(7-9-20)4-5-19-11-12-30-15-19/h3,6-15,26H,1-2H3,(H,27,28). The number of aryl methyl sites for hydroxylation is 2. The minimum atomic E-state index is -0.999. The van der Waals surface area contributed by atoms with Crippen LogP contribution in [0.2, 0.25) is 0 Å². The molecule has 154 valence electrons. The van der Waals surface area contributed by atoms with Gasteiger partial charge in [0, 0.05) is 21.4 Å². The van der Waals surface area contributed by atoms with E-state index in [4.69, 9.17) is 4.84 Å². The Balaban J connectivity index is 1.54. The summed E-state index contributed by atoms with van der Waals surface area (Å²) in [7, 11) is 0. The normalized spacial score (nSPS) is 10.3. The lowest BCUT2D eigenvalue weighted by molar-refractivity contribution is 0.0702. The summed E-state index contributed by atoms with van der Waals surface area (Å²) in [5, 5.41) is 13.6. The average molecular weight is 446 g/mol. The van der Waals surface area contributed by atoms with Gasteiger partial charge in [0.25, 0.3) is 0 Å². The first-order valence-electron chi connectivity index (χ1n) is 9.51. The van der Waals surface area contributed by atoms with E-state index >= 15 is 0 Å². The molecule has 0 saturated heterocycles. The summed E-state index contributed by atoms with van der Waals surface area (Å²) < 4.78 is 0. The quantitative estimate of drug-likeness (QED) is 0.268. The second-order valence-electron chi connectivity index (χ2n) is 6.97. The first kappa shape index (κ1) is 20.7. The number of hydrogen-bond donors (Lipinski definition) is 2. The van der Waals surface area contributed by atoms with Crippen LogP contribution in [-0.4, -0.2) is 11.1 Å². The first-order valence-corrected chi connectivity index (χ1v) is 11.3. The lowest BCUT2D eigenvalue weighted by Gasteiger charge is -2.10. The molecule has 4 aromatic rings. The molecule has 0 aliphatic carbocycles. The van der Waals surface area contributed by atoms with Crippen LogP contribution in [0.4, 0.5) is 5.69 Å². The number of benzene rings is 2. The molecule has 4 nitrogen and oxygen atoms in total. The van der Waals surface area contributed by atoms with E-state index < -0.39 is 5.97 Å². The van der Waals surface area contributed by atoms with Crippen molar-refractivity contribution in [1.29, 1.82) is 0 Å². The van der Waals surface area contributed by atoms with Gasteiger partial charge in [-0.05, 0) is 60.7 Å². The third-order valence-corrected chi connectivity index (χ3v) is 6.42. The molecule has 0 amide bonds. The van der Waals surface area contributed by atoms with Crippen molar-refractivity contribution in [3.63, 3.8) is 0 Å². The molecule has 2 heterocycles. The number of carboxylic acids is 1. The fourth-order valence-corrected chi connectivity index (χ4v) is 4.53. The monoisotopic (exact) mass is 445 g/mol. The molecule has 4 rings (SSSR count). The van der Waals surface area contributed by atoms with Crippen LogP contribution < -0.4 is 10.3 Å². The Labute approximate surface area is 188 Å². The maximum Gasteiger partial charge on any atom is 0.348 e. The highest BCUT2D eigenvalue weighted by Crippen LogP contribution is 2.35. The van der Waals surface area contributed by atoms with Crippen LogP contribution in [0.15, 0.2) is 65.4 Å². The molecule has 0 spiro atoms. The predicted octanol–water partition coefficient (Wildman–Crippen LogP) is 6.60. The third-order valence-electron chi connectivity index (χ3n) is 4.57. The van der Waals surface area contributed by atoms with Crippen molar-refractivity contribution >= 4 is 34.3 Å². The van der Waals surface area contributed by atoms with E-state index in [1.165, 1.54) is 11.3 Å². The number of nitrogens with one attached hydrogen (secondary N) is 1. The van der Waals surface area contributed by atoms with Gasteiger partial charge < -0.3 is 9.94 Å². The van der Waals surface area contributed by atoms with E-state index in [0.717, 1.165) is 32.7 Å². The smallest absolute Gasteiger partial charge is 0.348 e. The summed E-state index contributed by atoms with van der Waals surface area (Å²) in [5.41, 5.74) is 8.18. The predicted molar refractivity (Wildman–Crippen MR) is 127 cm³/mol. The van der Waals surface area contributed by atoms with E-state index in [0.29, 0.717) is 11.4 Å². The second-order valence-corrected chi connectivity index (χ2v) is 8.80. The Morgan fingerprint density at radius 2 is 1.77 bits per heavy atom. The molecule has 0 unspecified atom stereocenters. The third kappa shape index (κ3) is 4.97. The number of thiophene rings is 2. The SMILES string of the molecule is Cc1ccc(ONc2cc(-c3ccc(C#Cc4ccsc4)cc3)sc2C(=O)O)c(C)c1. The Kier molecular flexibility index (Phi) is 6.08. The van der Waals surface area contributed by atoms with Crippen LogP contribution >= 0.6 is 22.7 Å². The topological polar surface area (TPSA) is 58.6 Å². The molecule has 2 N–H and O–H groups in total. The average Bonchev–Trinajstić information content (AvgIpc) is 3.42. The minimum absolute atomic E-state index is 0.195. The summed E-state index contributed by atoms with van der Waals surface area (Å²) in [6.45, 7) is 3.96. The zero-order valence-corrected chi connectivity index (χ0v) is 18.6. The second kappa shape index (κ2) is 9.09. The maximum absolute atomic E-state index is 11.7. The van der Waals surface area contributed by atoms with Gasteiger partial charge in [-0.2, -0.15) is 11.3 Å². The van der Waals surface area contributed by atoms with Gasteiger partial charge in [0.15, 0.2) is 5.75 Å². The van der Waals surface area contributed by atoms with Gasteiger partial charge >= 0.3 is 5.97 Å². The number of hydrogen-bond acceptors (Lipinski definition) is 5. The van der Waals surface area contributed by atoms with Gasteiger partial charge in [0.05, 0.1) is 5.69 Å². The molecule has 0 radical (unpaired) electrons. The highest BCUT2D eigenvalue weighted by molar-refractivity contribution is 7.18. The Morgan fingerprint density at radius 3 is 2.45 bits per heavy atom. The number of carboxylic acid groups (broad SMARTS) is 1. The molecule has 0 bridgehead atoms. The molecule has 0 aliphatic rings. The molecule has 0 saturated carbocycles. The number of rotatable bonds is 5. The molecule has 31 heavy (non-hydrogen) atoms. The summed E-state index contributed by atoms with van der Waals surface area (Å²) in [5.74, 6) is 5.93. The van der Waals surface area contributed by atoms with E-state index in [9.17, 15) is 9.90 Å². The van der Waals surface area contributed by atoms with Gasteiger partial charge in [-0.3, -0.25) is 0 Å². The number of carbonyl (C=O) groups is 1. The van der Waals surface area contributed by atoms with Crippen molar-refractivity contribution < 1.29 is 14.7 Å². The van der Waals surface area contributed by atoms with Gasteiger partial charge in [0.1, 0.15) is 4.88 Å². The van der Waals surface area contributed by atoms with Crippen molar-refractivity contribution in [1.82, 2.24) is 0 Å². The van der Waals surface area contributed by atoms with Gasteiger partial charge in [-0.1, -0.05) is 41.7 Å². The zero-order chi connectivity index (χ0) is 21.8. The van der Waals surface area contributed by atoms with Crippen LogP contribution in [0.25, 0.3) is 10.4 Å². The molecule has 6 heteroatoms. The highest BCUT2D eigenvalue weighted by Gasteiger charge is 2.17. The Hall–Kier alpha value is -3.53. The summed E-state index contributed by atoms with van der Waals surface area (Å²) in [6.07, 6.45) is 0. The minimum Gasteiger partial charge on any atom is -0.477 e. The number of anilines is 1. The van der Waals surface area contributed by atoms with Crippen molar-refractivity contribution in [2.24, 2.45) is 0 Å².